The highest BCUT2D eigenvalue weighted by Gasteiger charge is 2.23. The standard InChI is InChI=1S/C14H22N8O/c1-10-13(14(17-20(10)3)21-7-4-5-8-21)15-12(23)6-9-22-11(2)16-18-19-22/h4-9H2,1-3H3,(H,15,23). The average molecular weight is 318 g/mol. The molecular formula is C14H22N8O. The molecule has 124 valence electrons. The van der Waals surface area contributed by atoms with Crippen LogP contribution in [0.1, 0.15) is 30.8 Å². The minimum atomic E-state index is -0.0588. The van der Waals surface area contributed by atoms with Crippen LogP contribution in [-0.2, 0) is 18.4 Å². The van der Waals surface area contributed by atoms with Crippen LogP contribution < -0.4 is 10.2 Å². The van der Waals surface area contributed by atoms with Crippen molar-refractivity contribution < 1.29 is 4.79 Å². The van der Waals surface area contributed by atoms with Crippen molar-refractivity contribution in [1.29, 1.82) is 0 Å². The van der Waals surface area contributed by atoms with Crippen molar-refractivity contribution in [3.05, 3.63) is 11.5 Å². The molecular weight excluding hydrogens is 296 g/mol. The number of tetrazole rings is 1. The predicted molar refractivity (Wildman–Crippen MR) is 85.2 cm³/mol. The highest BCUT2D eigenvalue weighted by molar-refractivity contribution is 5.94. The molecule has 1 aliphatic heterocycles. The van der Waals surface area contributed by atoms with E-state index in [1.807, 2.05) is 25.6 Å². The first-order valence-corrected chi connectivity index (χ1v) is 7.87. The third-order valence-electron chi connectivity index (χ3n) is 4.25. The van der Waals surface area contributed by atoms with Gasteiger partial charge in [-0.1, -0.05) is 0 Å². The summed E-state index contributed by atoms with van der Waals surface area (Å²) >= 11 is 0. The van der Waals surface area contributed by atoms with E-state index in [4.69, 9.17) is 0 Å². The summed E-state index contributed by atoms with van der Waals surface area (Å²) in [6.07, 6.45) is 2.66. The molecule has 0 aromatic carbocycles. The van der Waals surface area contributed by atoms with Gasteiger partial charge in [-0.3, -0.25) is 9.48 Å². The Kier molecular flexibility index (Phi) is 4.26. The smallest absolute Gasteiger partial charge is 0.226 e. The lowest BCUT2D eigenvalue weighted by Crippen LogP contribution is -2.22. The Bertz CT molecular complexity index is 698. The van der Waals surface area contributed by atoms with Gasteiger partial charge in [0.1, 0.15) is 11.5 Å². The van der Waals surface area contributed by atoms with Gasteiger partial charge < -0.3 is 10.2 Å². The number of carbonyl (C=O) groups is 1. The number of nitrogens with one attached hydrogen (secondary N) is 1. The lowest BCUT2D eigenvalue weighted by Gasteiger charge is -2.16. The van der Waals surface area contributed by atoms with Crippen LogP contribution >= 0.6 is 0 Å². The molecule has 0 saturated carbocycles. The normalized spacial score (nSPS) is 14.5. The summed E-state index contributed by atoms with van der Waals surface area (Å²) in [6, 6.07) is 0. The molecule has 0 spiro atoms. The highest BCUT2D eigenvalue weighted by atomic mass is 16.1. The van der Waals surface area contributed by atoms with Crippen molar-refractivity contribution in [3.8, 4) is 0 Å². The number of rotatable bonds is 5. The molecule has 3 rings (SSSR count). The second-order valence-electron chi connectivity index (χ2n) is 5.85. The van der Waals surface area contributed by atoms with Crippen LogP contribution in [0.25, 0.3) is 0 Å². The Morgan fingerprint density at radius 1 is 1.26 bits per heavy atom. The third kappa shape index (κ3) is 3.17. The molecule has 23 heavy (non-hydrogen) atoms. The van der Waals surface area contributed by atoms with Gasteiger partial charge in [-0.15, -0.1) is 5.10 Å². The van der Waals surface area contributed by atoms with Crippen molar-refractivity contribution in [2.75, 3.05) is 23.3 Å². The number of amides is 1. The van der Waals surface area contributed by atoms with E-state index in [-0.39, 0.29) is 5.91 Å². The highest BCUT2D eigenvalue weighted by Crippen LogP contribution is 2.30. The van der Waals surface area contributed by atoms with Crippen LogP contribution in [0.5, 0.6) is 0 Å². The zero-order valence-corrected chi connectivity index (χ0v) is 13.8. The lowest BCUT2D eigenvalue weighted by atomic mass is 10.3. The molecule has 0 radical (unpaired) electrons. The number of aryl methyl sites for hydroxylation is 3. The maximum atomic E-state index is 12.3. The molecule has 9 heteroatoms. The minimum Gasteiger partial charge on any atom is -0.353 e. The third-order valence-corrected chi connectivity index (χ3v) is 4.25. The number of hydrogen-bond acceptors (Lipinski definition) is 6. The van der Waals surface area contributed by atoms with E-state index in [1.54, 1.807) is 4.68 Å². The van der Waals surface area contributed by atoms with E-state index in [0.29, 0.717) is 18.8 Å². The summed E-state index contributed by atoms with van der Waals surface area (Å²) in [5.74, 6) is 1.51. The largest absolute Gasteiger partial charge is 0.353 e. The summed E-state index contributed by atoms with van der Waals surface area (Å²) in [7, 11) is 1.90. The van der Waals surface area contributed by atoms with Crippen LogP contribution in [0, 0.1) is 13.8 Å². The quantitative estimate of drug-likeness (QED) is 0.870. The van der Waals surface area contributed by atoms with Gasteiger partial charge in [0, 0.05) is 26.6 Å². The van der Waals surface area contributed by atoms with Crippen molar-refractivity contribution >= 4 is 17.4 Å². The minimum absolute atomic E-state index is 0.0588. The first-order chi connectivity index (χ1) is 11.1. The Labute approximate surface area is 134 Å². The lowest BCUT2D eigenvalue weighted by molar-refractivity contribution is -0.116. The van der Waals surface area contributed by atoms with Gasteiger partial charge in [-0.2, -0.15) is 5.10 Å². The summed E-state index contributed by atoms with van der Waals surface area (Å²) in [5, 5.41) is 18.8. The van der Waals surface area contributed by atoms with Gasteiger partial charge in [0.2, 0.25) is 5.91 Å². The fraction of sp³-hybridized carbons (Fsp3) is 0.643. The van der Waals surface area contributed by atoms with Crippen LogP contribution in [0.3, 0.4) is 0 Å². The molecule has 1 saturated heterocycles. The first-order valence-electron chi connectivity index (χ1n) is 7.87. The van der Waals surface area contributed by atoms with Crippen molar-refractivity contribution in [1.82, 2.24) is 30.0 Å². The van der Waals surface area contributed by atoms with Crippen LogP contribution in [-0.4, -0.2) is 49.0 Å². The second kappa shape index (κ2) is 6.35. The zero-order chi connectivity index (χ0) is 16.4. The van der Waals surface area contributed by atoms with Crippen LogP contribution in [0.2, 0.25) is 0 Å². The van der Waals surface area contributed by atoms with Gasteiger partial charge in [0.15, 0.2) is 5.82 Å². The number of hydrogen-bond donors (Lipinski definition) is 1. The van der Waals surface area contributed by atoms with E-state index in [1.165, 1.54) is 12.8 Å². The van der Waals surface area contributed by atoms with E-state index < -0.39 is 0 Å². The molecule has 0 aliphatic carbocycles. The molecule has 1 N–H and O–H groups in total. The molecule has 1 amide bonds. The summed E-state index contributed by atoms with van der Waals surface area (Å²) in [4.78, 5) is 14.5. The molecule has 9 nitrogen and oxygen atoms in total. The number of nitrogens with zero attached hydrogens (tertiary/aromatic N) is 7. The van der Waals surface area contributed by atoms with E-state index >= 15 is 0 Å². The Morgan fingerprint density at radius 3 is 2.65 bits per heavy atom. The van der Waals surface area contributed by atoms with Crippen LogP contribution in [0.15, 0.2) is 0 Å². The van der Waals surface area contributed by atoms with Crippen molar-refractivity contribution in [2.24, 2.45) is 7.05 Å². The summed E-state index contributed by atoms with van der Waals surface area (Å²) in [5.41, 5.74) is 1.77. The number of anilines is 2. The van der Waals surface area contributed by atoms with Gasteiger partial charge in [0.05, 0.1) is 12.2 Å². The second-order valence-corrected chi connectivity index (χ2v) is 5.85. The number of aromatic nitrogens is 6. The molecule has 2 aromatic heterocycles. The van der Waals surface area contributed by atoms with Crippen molar-refractivity contribution in [3.63, 3.8) is 0 Å². The fourth-order valence-electron chi connectivity index (χ4n) is 2.75. The maximum absolute atomic E-state index is 12.3. The van der Waals surface area contributed by atoms with Gasteiger partial charge in [-0.05, 0) is 37.1 Å². The molecule has 1 fully saturated rings. The molecule has 1 aliphatic rings. The van der Waals surface area contributed by atoms with Crippen LogP contribution in [0.4, 0.5) is 11.5 Å². The summed E-state index contributed by atoms with van der Waals surface area (Å²) in [6.45, 7) is 6.22. The molecule has 0 bridgehead atoms. The predicted octanol–water partition coefficient (Wildman–Crippen LogP) is 0.652. The Balaban J connectivity index is 1.69. The SMILES string of the molecule is Cc1c(NC(=O)CCn2nnnc2C)c(N2CCCC2)nn1C. The maximum Gasteiger partial charge on any atom is 0.226 e. The molecule has 0 unspecified atom stereocenters. The fourth-order valence-corrected chi connectivity index (χ4v) is 2.75. The monoisotopic (exact) mass is 318 g/mol. The number of carbonyl (C=O) groups excluding carboxylic acids is 1. The molecule has 2 aromatic rings. The zero-order valence-electron chi connectivity index (χ0n) is 13.8. The van der Waals surface area contributed by atoms with Gasteiger partial charge >= 0.3 is 0 Å². The van der Waals surface area contributed by atoms with Gasteiger partial charge in [0.25, 0.3) is 0 Å². The van der Waals surface area contributed by atoms with Crippen molar-refractivity contribution in [2.45, 2.75) is 39.7 Å². The van der Waals surface area contributed by atoms with Gasteiger partial charge in [-0.25, -0.2) is 4.68 Å². The Morgan fingerprint density at radius 2 is 2.00 bits per heavy atom. The van der Waals surface area contributed by atoms with E-state index in [2.05, 4.69) is 30.8 Å². The molecule has 0 atom stereocenters. The first kappa shape index (κ1) is 15.4. The van der Waals surface area contributed by atoms with E-state index in [9.17, 15) is 4.79 Å². The summed E-state index contributed by atoms with van der Waals surface area (Å²) < 4.78 is 3.44. The van der Waals surface area contributed by atoms with E-state index in [0.717, 1.165) is 30.3 Å². The Hall–Kier alpha value is -2.45. The molecule has 3 heterocycles. The average Bonchev–Trinajstić information content (AvgIpc) is 3.23. The topological polar surface area (TPSA) is 93.8 Å².